The minimum atomic E-state index is -0.853. The predicted molar refractivity (Wildman–Crippen MR) is 117 cm³/mol. The molecular formula is C22H21ClF2N4O3. The highest BCUT2D eigenvalue weighted by atomic mass is 35.5. The van der Waals surface area contributed by atoms with Crippen molar-refractivity contribution in [2.45, 2.75) is 19.4 Å². The van der Waals surface area contributed by atoms with Crippen LogP contribution in [0.1, 0.15) is 12.5 Å². The number of likely N-dealkylation sites (N-methyl/N-ethyl adjacent to an activating group) is 1. The lowest BCUT2D eigenvalue weighted by molar-refractivity contribution is -0.143. The highest BCUT2D eigenvalue weighted by molar-refractivity contribution is 6.39. The van der Waals surface area contributed by atoms with Gasteiger partial charge in [0.25, 0.3) is 0 Å². The molecule has 2 aromatic carbocycles. The first-order valence-electron chi connectivity index (χ1n) is 10.1. The van der Waals surface area contributed by atoms with Crippen molar-refractivity contribution in [2.24, 2.45) is 0 Å². The molecule has 1 fully saturated rings. The van der Waals surface area contributed by atoms with Gasteiger partial charge in [0, 0.05) is 49.8 Å². The van der Waals surface area contributed by atoms with Crippen molar-refractivity contribution in [1.82, 2.24) is 4.90 Å². The molecule has 0 unspecified atom stereocenters. The molecule has 1 saturated heterocycles. The maximum atomic E-state index is 13.8. The van der Waals surface area contributed by atoms with E-state index >= 15 is 0 Å². The van der Waals surface area contributed by atoms with Crippen LogP contribution < -0.4 is 15.1 Å². The number of benzene rings is 2. The third kappa shape index (κ3) is 4.00. The number of nitrogens with zero attached hydrogens (tertiary/aromatic N) is 3. The van der Waals surface area contributed by atoms with Crippen LogP contribution in [0.25, 0.3) is 0 Å². The summed E-state index contributed by atoms with van der Waals surface area (Å²) < 4.78 is 27.7. The Hall–Kier alpha value is -3.20. The number of anilines is 3. The van der Waals surface area contributed by atoms with Gasteiger partial charge in [-0.3, -0.25) is 14.4 Å². The van der Waals surface area contributed by atoms with Gasteiger partial charge >= 0.3 is 11.8 Å². The van der Waals surface area contributed by atoms with Crippen LogP contribution in [0.4, 0.5) is 25.8 Å². The van der Waals surface area contributed by atoms with E-state index in [1.165, 1.54) is 9.80 Å². The lowest BCUT2D eigenvalue weighted by Crippen LogP contribution is -2.55. The zero-order chi connectivity index (χ0) is 23.2. The fourth-order valence-electron chi connectivity index (χ4n) is 4.08. The van der Waals surface area contributed by atoms with Gasteiger partial charge in [0.15, 0.2) is 0 Å². The van der Waals surface area contributed by atoms with Crippen molar-refractivity contribution in [1.29, 1.82) is 0 Å². The summed E-state index contributed by atoms with van der Waals surface area (Å²) in [6.07, 6.45) is 0.308. The Labute approximate surface area is 188 Å². The van der Waals surface area contributed by atoms with Crippen molar-refractivity contribution < 1.29 is 23.2 Å². The zero-order valence-corrected chi connectivity index (χ0v) is 18.2. The van der Waals surface area contributed by atoms with E-state index in [1.807, 2.05) is 0 Å². The molecule has 2 aliphatic heterocycles. The van der Waals surface area contributed by atoms with Gasteiger partial charge in [0.1, 0.15) is 16.7 Å². The molecule has 7 nitrogen and oxygen atoms in total. The quantitative estimate of drug-likeness (QED) is 0.550. The Morgan fingerprint density at radius 1 is 1.12 bits per heavy atom. The van der Waals surface area contributed by atoms with Gasteiger partial charge in [-0.1, -0.05) is 17.7 Å². The van der Waals surface area contributed by atoms with Crippen LogP contribution in [-0.2, 0) is 20.8 Å². The summed E-state index contributed by atoms with van der Waals surface area (Å²) in [6.45, 7) is 2.52. The summed E-state index contributed by atoms with van der Waals surface area (Å²) in [5.41, 5.74) is 2.31. The average Bonchev–Trinajstić information content (AvgIpc) is 3.04. The number of carbonyl (C=O) groups excluding carboxylic acids is 3. The average molecular weight is 463 g/mol. The molecule has 4 rings (SSSR count). The molecule has 3 amide bonds. The second kappa shape index (κ2) is 8.38. The molecule has 10 heteroatoms. The Kier molecular flexibility index (Phi) is 5.77. The number of nitrogens with one attached hydrogen (secondary N) is 1. The normalized spacial score (nSPS) is 18.1. The Balaban J connectivity index is 1.41. The summed E-state index contributed by atoms with van der Waals surface area (Å²) in [5, 5.41) is 2.03. The molecule has 32 heavy (non-hydrogen) atoms. The first-order valence-corrected chi connectivity index (χ1v) is 10.4. The van der Waals surface area contributed by atoms with Gasteiger partial charge in [0.2, 0.25) is 5.91 Å². The molecule has 2 aromatic rings. The standard InChI is InChI=1S/C22H21ClF2N4O3/c1-12-11-28(5-6-29(12)15-9-16(24)20(23)17(25)10-15)22(32)21(31)26-14-4-3-13-7-19(30)27(2)18(13)8-14/h3-4,8-10,12H,5-7,11H2,1-2H3,(H,26,31)/t12-/m1/s1. The number of piperazine rings is 1. The topological polar surface area (TPSA) is 73.0 Å². The molecular weight excluding hydrogens is 442 g/mol. The van der Waals surface area contributed by atoms with E-state index < -0.39 is 28.5 Å². The Morgan fingerprint density at radius 2 is 1.81 bits per heavy atom. The predicted octanol–water partition coefficient (Wildman–Crippen LogP) is 2.81. The second-order valence-electron chi connectivity index (χ2n) is 7.94. The molecule has 0 aromatic heterocycles. The van der Waals surface area contributed by atoms with E-state index in [1.54, 1.807) is 37.1 Å². The van der Waals surface area contributed by atoms with Crippen LogP contribution in [0, 0.1) is 11.6 Å². The van der Waals surface area contributed by atoms with Crippen LogP contribution in [0.15, 0.2) is 30.3 Å². The molecule has 0 bridgehead atoms. The van der Waals surface area contributed by atoms with E-state index in [-0.39, 0.29) is 25.0 Å². The summed E-state index contributed by atoms with van der Waals surface area (Å²) in [5.74, 6) is -3.23. The van der Waals surface area contributed by atoms with Crippen LogP contribution >= 0.6 is 11.6 Å². The fourth-order valence-corrected chi connectivity index (χ4v) is 4.19. The van der Waals surface area contributed by atoms with E-state index in [2.05, 4.69) is 5.32 Å². The number of carbonyl (C=O) groups is 3. The van der Waals surface area contributed by atoms with Crippen LogP contribution in [0.5, 0.6) is 0 Å². The maximum Gasteiger partial charge on any atom is 0.313 e. The van der Waals surface area contributed by atoms with E-state index in [0.29, 0.717) is 30.0 Å². The van der Waals surface area contributed by atoms with Crippen molar-refractivity contribution in [3.05, 3.63) is 52.6 Å². The number of halogens is 3. The van der Waals surface area contributed by atoms with Crippen molar-refractivity contribution >= 4 is 46.4 Å². The maximum absolute atomic E-state index is 13.8. The number of amides is 3. The van der Waals surface area contributed by atoms with Crippen LogP contribution in [-0.4, -0.2) is 55.3 Å². The van der Waals surface area contributed by atoms with E-state index in [0.717, 1.165) is 17.7 Å². The first kappa shape index (κ1) is 22.0. The molecule has 168 valence electrons. The van der Waals surface area contributed by atoms with Gasteiger partial charge in [-0.25, -0.2) is 8.78 Å². The Morgan fingerprint density at radius 3 is 2.47 bits per heavy atom. The van der Waals surface area contributed by atoms with Crippen molar-refractivity contribution in [3.8, 4) is 0 Å². The van der Waals surface area contributed by atoms with Gasteiger partial charge in [0.05, 0.1) is 6.42 Å². The summed E-state index contributed by atoms with van der Waals surface area (Å²) >= 11 is 5.55. The van der Waals surface area contributed by atoms with Crippen LogP contribution in [0.2, 0.25) is 5.02 Å². The zero-order valence-electron chi connectivity index (χ0n) is 17.5. The fraction of sp³-hybridized carbons (Fsp3) is 0.318. The monoisotopic (exact) mass is 462 g/mol. The summed E-state index contributed by atoms with van der Waals surface area (Å²) in [4.78, 5) is 41.7. The minimum Gasteiger partial charge on any atom is -0.365 e. The largest absolute Gasteiger partial charge is 0.365 e. The summed E-state index contributed by atoms with van der Waals surface area (Å²) in [6, 6.07) is 7.10. The third-order valence-electron chi connectivity index (χ3n) is 5.83. The molecule has 0 aliphatic carbocycles. The van der Waals surface area contributed by atoms with Gasteiger partial charge in [-0.05, 0) is 36.8 Å². The number of rotatable bonds is 2. The highest BCUT2D eigenvalue weighted by Gasteiger charge is 2.31. The molecule has 1 atom stereocenters. The van der Waals surface area contributed by atoms with E-state index in [9.17, 15) is 23.2 Å². The molecule has 0 radical (unpaired) electrons. The van der Waals surface area contributed by atoms with Crippen LogP contribution in [0.3, 0.4) is 0 Å². The molecule has 0 spiro atoms. The van der Waals surface area contributed by atoms with Crippen molar-refractivity contribution in [2.75, 3.05) is 41.8 Å². The smallest absolute Gasteiger partial charge is 0.313 e. The van der Waals surface area contributed by atoms with Gasteiger partial charge < -0.3 is 20.0 Å². The highest BCUT2D eigenvalue weighted by Crippen LogP contribution is 2.31. The minimum absolute atomic E-state index is 0.0353. The first-order chi connectivity index (χ1) is 15.2. The molecule has 0 saturated carbocycles. The second-order valence-corrected chi connectivity index (χ2v) is 8.32. The van der Waals surface area contributed by atoms with Gasteiger partial charge in [-0.15, -0.1) is 0 Å². The molecule has 2 heterocycles. The lowest BCUT2D eigenvalue weighted by atomic mass is 10.1. The molecule has 1 N–H and O–H groups in total. The van der Waals surface area contributed by atoms with E-state index in [4.69, 9.17) is 11.6 Å². The Bertz CT molecular complexity index is 1100. The van der Waals surface area contributed by atoms with Crippen molar-refractivity contribution in [3.63, 3.8) is 0 Å². The third-order valence-corrected chi connectivity index (χ3v) is 6.19. The number of hydrogen-bond donors (Lipinski definition) is 1. The summed E-state index contributed by atoms with van der Waals surface area (Å²) in [7, 11) is 1.66. The lowest BCUT2D eigenvalue weighted by Gasteiger charge is -2.41. The number of hydrogen-bond acceptors (Lipinski definition) is 4. The number of fused-ring (bicyclic) bond motifs is 1. The molecule has 2 aliphatic rings. The van der Waals surface area contributed by atoms with Gasteiger partial charge in [-0.2, -0.15) is 0 Å². The SMILES string of the molecule is C[C@@H]1CN(C(=O)C(=O)Nc2ccc3c(c2)N(C)C(=O)C3)CCN1c1cc(F)c(Cl)c(F)c1.